The van der Waals surface area contributed by atoms with E-state index in [4.69, 9.17) is 0 Å². The fraction of sp³-hybridized carbons (Fsp3) is 0.318. The van der Waals surface area contributed by atoms with Gasteiger partial charge in [0.1, 0.15) is 5.82 Å². The Labute approximate surface area is 169 Å². The van der Waals surface area contributed by atoms with E-state index in [2.05, 4.69) is 38.3 Å². The highest BCUT2D eigenvalue weighted by Gasteiger charge is 2.31. The molecule has 0 bridgehead atoms. The van der Waals surface area contributed by atoms with Crippen molar-refractivity contribution in [3.63, 3.8) is 0 Å². The lowest BCUT2D eigenvalue weighted by Gasteiger charge is -2.15. The van der Waals surface area contributed by atoms with Crippen molar-refractivity contribution in [2.45, 2.75) is 49.9 Å². The molecule has 28 heavy (non-hydrogen) atoms. The van der Waals surface area contributed by atoms with Crippen LogP contribution in [-0.2, 0) is 4.79 Å². The topological polar surface area (TPSA) is 59.8 Å². The minimum Gasteiger partial charge on any atom is -0.325 e. The van der Waals surface area contributed by atoms with Gasteiger partial charge in [-0.25, -0.2) is 0 Å². The highest BCUT2D eigenvalue weighted by Crippen LogP contribution is 2.41. The van der Waals surface area contributed by atoms with Gasteiger partial charge in [-0.05, 0) is 57.4 Å². The van der Waals surface area contributed by atoms with Gasteiger partial charge >= 0.3 is 0 Å². The first-order chi connectivity index (χ1) is 13.5. The molecule has 5 nitrogen and oxygen atoms in total. The number of nitrogens with zero attached hydrogens (tertiary/aromatic N) is 3. The molecule has 1 heterocycles. The van der Waals surface area contributed by atoms with Crippen LogP contribution < -0.4 is 5.32 Å². The van der Waals surface area contributed by atoms with Gasteiger partial charge in [-0.3, -0.25) is 9.36 Å². The second kappa shape index (κ2) is 7.80. The minimum absolute atomic E-state index is 0.0347. The van der Waals surface area contributed by atoms with Crippen molar-refractivity contribution in [2.75, 3.05) is 5.32 Å². The summed E-state index contributed by atoms with van der Waals surface area (Å²) in [6, 6.07) is 16.2. The van der Waals surface area contributed by atoms with Gasteiger partial charge in [-0.1, -0.05) is 47.7 Å². The summed E-state index contributed by atoms with van der Waals surface area (Å²) in [6.07, 6.45) is 2.30. The number of aryl methyl sites for hydroxylation is 2. The molecular weight excluding hydrogens is 368 g/mol. The predicted octanol–water partition coefficient (Wildman–Crippen LogP) is 4.88. The van der Waals surface area contributed by atoms with Gasteiger partial charge < -0.3 is 5.32 Å². The molecule has 0 radical (unpaired) electrons. The Morgan fingerprint density at radius 2 is 1.89 bits per heavy atom. The van der Waals surface area contributed by atoms with Crippen molar-refractivity contribution < 1.29 is 4.79 Å². The zero-order valence-electron chi connectivity index (χ0n) is 16.3. The second-order valence-corrected chi connectivity index (χ2v) is 8.66. The molecule has 6 heteroatoms. The number of rotatable bonds is 6. The molecule has 0 spiro atoms. The van der Waals surface area contributed by atoms with Gasteiger partial charge in [0.15, 0.2) is 5.16 Å². The van der Waals surface area contributed by atoms with Gasteiger partial charge in [0.25, 0.3) is 0 Å². The summed E-state index contributed by atoms with van der Waals surface area (Å²) in [4.78, 5) is 12.8. The quantitative estimate of drug-likeness (QED) is 0.607. The maximum absolute atomic E-state index is 12.8. The third-order valence-electron chi connectivity index (χ3n) is 4.91. The Hall–Kier alpha value is -2.60. The van der Waals surface area contributed by atoms with Crippen LogP contribution in [0.2, 0.25) is 0 Å². The van der Waals surface area contributed by atoms with E-state index in [0.29, 0.717) is 5.92 Å². The average Bonchev–Trinajstić information content (AvgIpc) is 3.45. The van der Waals surface area contributed by atoms with Gasteiger partial charge in [-0.15, -0.1) is 10.2 Å². The third-order valence-corrected chi connectivity index (χ3v) is 5.95. The van der Waals surface area contributed by atoms with Crippen LogP contribution in [0.5, 0.6) is 0 Å². The number of nitrogens with one attached hydrogen (secondary N) is 1. The number of benzene rings is 2. The summed E-state index contributed by atoms with van der Waals surface area (Å²) in [5, 5.41) is 12.4. The summed E-state index contributed by atoms with van der Waals surface area (Å²) in [7, 11) is 0. The minimum atomic E-state index is -0.292. The van der Waals surface area contributed by atoms with Crippen molar-refractivity contribution in [1.82, 2.24) is 14.8 Å². The molecule has 1 amide bonds. The van der Waals surface area contributed by atoms with Crippen LogP contribution in [0.4, 0.5) is 5.69 Å². The maximum atomic E-state index is 12.8. The lowest BCUT2D eigenvalue weighted by molar-refractivity contribution is -0.115. The number of hydrogen-bond acceptors (Lipinski definition) is 4. The van der Waals surface area contributed by atoms with E-state index in [1.807, 2.05) is 51.1 Å². The van der Waals surface area contributed by atoms with Crippen LogP contribution in [0.3, 0.4) is 0 Å². The van der Waals surface area contributed by atoms with Gasteiger partial charge in [0, 0.05) is 17.3 Å². The summed E-state index contributed by atoms with van der Waals surface area (Å²) in [5.74, 6) is 1.43. The van der Waals surface area contributed by atoms with Crippen LogP contribution in [0.15, 0.2) is 53.7 Å². The van der Waals surface area contributed by atoms with Crippen molar-refractivity contribution in [3.05, 3.63) is 65.5 Å². The number of anilines is 1. The molecule has 0 aliphatic heterocycles. The largest absolute Gasteiger partial charge is 0.325 e. The third kappa shape index (κ3) is 3.97. The SMILES string of the molecule is Cc1ccc(NC(=O)C(C)Sc2nnc(C3CC3)n2-c2ccccc2)c(C)c1. The number of amides is 1. The molecule has 144 valence electrons. The van der Waals surface area contributed by atoms with Gasteiger partial charge in [0.2, 0.25) is 5.91 Å². The smallest absolute Gasteiger partial charge is 0.237 e. The van der Waals surface area contributed by atoms with Crippen LogP contribution in [0.1, 0.15) is 42.6 Å². The first kappa shape index (κ1) is 18.7. The Bertz CT molecular complexity index is 995. The Morgan fingerprint density at radius 1 is 1.14 bits per heavy atom. The summed E-state index contributed by atoms with van der Waals surface area (Å²) in [6.45, 7) is 5.96. The number of hydrogen-bond donors (Lipinski definition) is 1. The standard InChI is InChI=1S/C22H24N4OS/c1-14-9-12-19(15(2)13-14)23-21(27)16(3)28-22-25-24-20(17-10-11-17)26(22)18-7-5-4-6-8-18/h4-9,12-13,16-17H,10-11H2,1-3H3,(H,23,27). The summed E-state index contributed by atoms with van der Waals surface area (Å²) < 4.78 is 2.10. The molecule has 1 aromatic heterocycles. The first-order valence-electron chi connectivity index (χ1n) is 9.58. The zero-order chi connectivity index (χ0) is 19.7. The van der Waals surface area contributed by atoms with E-state index < -0.39 is 0 Å². The van der Waals surface area contributed by atoms with Crippen LogP contribution >= 0.6 is 11.8 Å². The highest BCUT2D eigenvalue weighted by atomic mass is 32.2. The summed E-state index contributed by atoms with van der Waals surface area (Å²) >= 11 is 1.44. The molecule has 2 aromatic carbocycles. The summed E-state index contributed by atoms with van der Waals surface area (Å²) in [5.41, 5.74) is 4.14. The molecule has 1 atom stereocenters. The molecule has 1 aliphatic rings. The molecule has 1 N–H and O–H groups in total. The average molecular weight is 393 g/mol. The highest BCUT2D eigenvalue weighted by molar-refractivity contribution is 8.00. The van der Waals surface area contributed by atoms with Gasteiger partial charge in [0.05, 0.1) is 5.25 Å². The first-order valence-corrected chi connectivity index (χ1v) is 10.5. The molecule has 4 rings (SSSR count). The van der Waals surface area contributed by atoms with Crippen molar-refractivity contribution in [2.24, 2.45) is 0 Å². The van der Waals surface area contributed by atoms with E-state index >= 15 is 0 Å². The van der Waals surface area contributed by atoms with E-state index in [0.717, 1.165) is 40.8 Å². The lowest BCUT2D eigenvalue weighted by atomic mass is 10.1. The van der Waals surface area contributed by atoms with E-state index in [1.54, 1.807) is 0 Å². The zero-order valence-corrected chi connectivity index (χ0v) is 17.2. The molecule has 1 aliphatic carbocycles. The van der Waals surface area contributed by atoms with Crippen molar-refractivity contribution in [3.8, 4) is 5.69 Å². The monoisotopic (exact) mass is 392 g/mol. The lowest BCUT2D eigenvalue weighted by Crippen LogP contribution is -2.23. The molecule has 1 unspecified atom stereocenters. The second-order valence-electron chi connectivity index (χ2n) is 7.35. The number of aromatic nitrogens is 3. The molecular formula is C22H24N4OS. The Kier molecular flexibility index (Phi) is 5.22. The number of thioether (sulfide) groups is 1. The van der Waals surface area contributed by atoms with Crippen LogP contribution in [0, 0.1) is 13.8 Å². The van der Waals surface area contributed by atoms with Crippen LogP contribution in [-0.4, -0.2) is 25.9 Å². The van der Waals surface area contributed by atoms with E-state index in [9.17, 15) is 4.79 Å². The Morgan fingerprint density at radius 3 is 2.57 bits per heavy atom. The maximum Gasteiger partial charge on any atom is 0.237 e. The number of carbonyl (C=O) groups is 1. The Balaban J connectivity index is 1.54. The number of carbonyl (C=O) groups excluding carboxylic acids is 1. The normalized spacial score (nSPS) is 14.7. The predicted molar refractivity (Wildman–Crippen MR) is 113 cm³/mol. The van der Waals surface area contributed by atoms with Gasteiger partial charge in [-0.2, -0.15) is 0 Å². The van der Waals surface area contributed by atoms with E-state index in [1.165, 1.54) is 17.3 Å². The van der Waals surface area contributed by atoms with Crippen molar-refractivity contribution >= 4 is 23.4 Å². The molecule has 0 saturated heterocycles. The number of para-hydroxylation sites is 1. The van der Waals surface area contributed by atoms with Crippen molar-refractivity contribution in [1.29, 1.82) is 0 Å². The molecule has 1 saturated carbocycles. The fourth-order valence-corrected chi connectivity index (χ4v) is 4.06. The molecule has 1 fully saturated rings. The molecule has 3 aromatic rings. The van der Waals surface area contributed by atoms with E-state index in [-0.39, 0.29) is 11.2 Å². The fourth-order valence-electron chi connectivity index (χ4n) is 3.18. The van der Waals surface area contributed by atoms with Crippen LogP contribution in [0.25, 0.3) is 5.69 Å².